The highest BCUT2D eigenvalue weighted by molar-refractivity contribution is 9.11. The number of aryl methyl sites for hydroxylation is 2. The Balaban J connectivity index is 2.03. The van der Waals surface area contributed by atoms with Crippen molar-refractivity contribution < 1.29 is 0 Å². The summed E-state index contributed by atoms with van der Waals surface area (Å²) in [4.78, 5) is 8.64. The summed E-state index contributed by atoms with van der Waals surface area (Å²) in [6.45, 7) is 0. The quantitative estimate of drug-likeness (QED) is 0.896. The minimum atomic E-state index is -0.0934. The summed E-state index contributed by atoms with van der Waals surface area (Å²) in [6, 6.07) is 1.87. The van der Waals surface area contributed by atoms with Gasteiger partial charge in [0.1, 0.15) is 5.82 Å². The van der Waals surface area contributed by atoms with Crippen molar-refractivity contribution >= 4 is 31.9 Å². The van der Waals surface area contributed by atoms with Crippen molar-refractivity contribution in [2.45, 2.75) is 18.9 Å². The first-order chi connectivity index (χ1) is 8.58. The maximum atomic E-state index is 6.17. The van der Waals surface area contributed by atoms with E-state index >= 15 is 0 Å². The van der Waals surface area contributed by atoms with Gasteiger partial charge in [-0.2, -0.15) is 0 Å². The van der Waals surface area contributed by atoms with Crippen LogP contribution in [0.1, 0.15) is 24.0 Å². The monoisotopic (exact) mass is 372 g/mol. The molecule has 2 rings (SSSR count). The Morgan fingerprint density at radius 3 is 2.78 bits per heavy atom. The van der Waals surface area contributed by atoms with Crippen LogP contribution < -0.4 is 5.73 Å². The lowest BCUT2D eigenvalue weighted by atomic mass is 10.1. The molecule has 0 aliphatic carbocycles. The molecule has 0 aromatic carbocycles. The number of imidazole rings is 1. The van der Waals surface area contributed by atoms with Crippen LogP contribution in [0.25, 0.3) is 0 Å². The van der Waals surface area contributed by atoms with Crippen LogP contribution in [-0.2, 0) is 13.5 Å². The Morgan fingerprint density at radius 1 is 1.39 bits per heavy atom. The third kappa shape index (κ3) is 3.18. The smallest absolute Gasteiger partial charge is 0.108 e. The van der Waals surface area contributed by atoms with Gasteiger partial charge in [0.2, 0.25) is 0 Å². The van der Waals surface area contributed by atoms with E-state index in [1.54, 1.807) is 12.4 Å². The molecule has 0 amide bonds. The number of pyridine rings is 1. The molecule has 2 heterocycles. The molecule has 2 aromatic rings. The number of nitrogens with two attached hydrogens (primary N) is 1. The minimum Gasteiger partial charge on any atom is -0.338 e. The second-order valence-corrected chi connectivity index (χ2v) is 5.89. The van der Waals surface area contributed by atoms with Crippen molar-refractivity contribution in [2.24, 2.45) is 12.8 Å². The topological polar surface area (TPSA) is 56.7 Å². The fourth-order valence-corrected chi connectivity index (χ4v) is 3.04. The van der Waals surface area contributed by atoms with E-state index in [0.717, 1.165) is 33.3 Å². The molecular formula is C12H14Br2N4. The first-order valence-electron chi connectivity index (χ1n) is 5.60. The molecule has 1 atom stereocenters. The summed E-state index contributed by atoms with van der Waals surface area (Å²) >= 11 is 6.87. The second kappa shape index (κ2) is 5.95. The molecule has 0 saturated carbocycles. The van der Waals surface area contributed by atoms with Crippen LogP contribution in [0.5, 0.6) is 0 Å². The normalized spacial score (nSPS) is 12.7. The van der Waals surface area contributed by atoms with E-state index < -0.39 is 0 Å². The van der Waals surface area contributed by atoms with E-state index in [-0.39, 0.29) is 6.04 Å². The molecule has 0 saturated heterocycles. The third-order valence-electron chi connectivity index (χ3n) is 2.79. The van der Waals surface area contributed by atoms with Crippen molar-refractivity contribution in [2.75, 3.05) is 0 Å². The number of halogens is 2. The summed E-state index contributed by atoms with van der Waals surface area (Å²) in [6.07, 6.45) is 7.16. The molecule has 6 heteroatoms. The number of hydrogen-bond donors (Lipinski definition) is 1. The highest BCUT2D eigenvalue weighted by Gasteiger charge is 2.13. The van der Waals surface area contributed by atoms with Gasteiger partial charge in [-0.1, -0.05) is 0 Å². The zero-order valence-corrected chi connectivity index (χ0v) is 13.1. The molecule has 0 radical (unpaired) electrons. The average molecular weight is 374 g/mol. The van der Waals surface area contributed by atoms with Crippen LogP contribution in [0.2, 0.25) is 0 Å². The highest BCUT2D eigenvalue weighted by Crippen LogP contribution is 2.25. The van der Waals surface area contributed by atoms with Gasteiger partial charge in [-0.25, -0.2) is 4.98 Å². The fourth-order valence-electron chi connectivity index (χ4n) is 1.76. The lowest BCUT2D eigenvalue weighted by Gasteiger charge is -2.12. The third-order valence-corrected chi connectivity index (χ3v) is 3.86. The summed E-state index contributed by atoms with van der Waals surface area (Å²) in [7, 11) is 1.99. The van der Waals surface area contributed by atoms with Crippen LogP contribution in [0.3, 0.4) is 0 Å². The van der Waals surface area contributed by atoms with Gasteiger partial charge in [-0.3, -0.25) is 4.98 Å². The van der Waals surface area contributed by atoms with E-state index in [1.807, 2.05) is 23.9 Å². The van der Waals surface area contributed by atoms with E-state index in [0.29, 0.717) is 0 Å². The first kappa shape index (κ1) is 13.7. The lowest BCUT2D eigenvalue weighted by Crippen LogP contribution is -2.14. The number of rotatable bonds is 4. The summed E-state index contributed by atoms with van der Waals surface area (Å²) < 4.78 is 3.88. The fraction of sp³-hybridized carbons (Fsp3) is 0.333. The average Bonchev–Trinajstić information content (AvgIpc) is 2.72. The van der Waals surface area contributed by atoms with E-state index in [4.69, 9.17) is 5.73 Å². The molecule has 0 spiro atoms. The van der Waals surface area contributed by atoms with Crippen LogP contribution >= 0.6 is 31.9 Å². The van der Waals surface area contributed by atoms with Crippen LogP contribution in [-0.4, -0.2) is 14.5 Å². The number of hydrogen-bond acceptors (Lipinski definition) is 3. The molecule has 2 N–H and O–H groups in total. The predicted molar refractivity (Wildman–Crippen MR) is 78.1 cm³/mol. The Hall–Kier alpha value is -0.720. The maximum Gasteiger partial charge on any atom is 0.108 e. The van der Waals surface area contributed by atoms with Gasteiger partial charge < -0.3 is 10.3 Å². The van der Waals surface area contributed by atoms with Crippen molar-refractivity contribution in [1.29, 1.82) is 0 Å². The second-order valence-electron chi connectivity index (χ2n) is 4.12. The predicted octanol–water partition coefficient (Wildman–Crippen LogP) is 2.97. The Morgan fingerprint density at radius 2 is 2.17 bits per heavy atom. The van der Waals surface area contributed by atoms with Gasteiger partial charge in [0.05, 0.1) is 5.69 Å². The maximum absolute atomic E-state index is 6.17. The zero-order valence-electron chi connectivity index (χ0n) is 9.98. The molecule has 0 fully saturated rings. The van der Waals surface area contributed by atoms with Gasteiger partial charge in [0.25, 0.3) is 0 Å². The lowest BCUT2D eigenvalue weighted by molar-refractivity contribution is 0.604. The van der Waals surface area contributed by atoms with Crippen molar-refractivity contribution in [3.05, 3.63) is 45.1 Å². The van der Waals surface area contributed by atoms with Crippen molar-refractivity contribution in [1.82, 2.24) is 14.5 Å². The minimum absolute atomic E-state index is 0.0934. The molecule has 0 aliphatic rings. The van der Waals surface area contributed by atoms with Gasteiger partial charge in [-0.05, 0) is 44.3 Å². The molecule has 1 unspecified atom stereocenters. The van der Waals surface area contributed by atoms with Gasteiger partial charge in [0.15, 0.2) is 0 Å². The Bertz CT molecular complexity index is 539. The van der Waals surface area contributed by atoms with Gasteiger partial charge in [-0.15, -0.1) is 0 Å². The van der Waals surface area contributed by atoms with Gasteiger partial charge in [0, 0.05) is 47.0 Å². The molecule has 96 valence electrons. The Labute approximate surface area is 123 Å². The van der Waals surface area contributed by atoms with Crippen molar-refractivity contribution in [3.63, 3.8) is 0 Å². The van der Waals surface area contributed by atoms with E-state index in [1.165, 1.54) is 0 Å². The molecule has 0 bridgehead atoms. The van der Waals surface area contributed by atoms with Gasteiger partial charge >= 0.3 is 0 Å². The molecular weight excluding hydrogens is 360 g/mol. The van der Waals surface area contributed by atoms with Crippen LogP contribution in [0.4, 0.5) is 0 Å². The highest BCUT2D eigenvalue weighted by atomic mass is 79.9. The summed E-state index contributed by atoms with van der Waals surface area (Å²) in [5.41, 5.74) is 7.05. The first-order valence-corrected chi connectivity index (χ1v) is 7.19. The Kier molecular flexibility index (Phi) is 4.53. The SMILES string of the molecule is Cn1ccnc1CCC(N)c1ncc(Br)cc1Br. The molecule has 4 nitrogen and oxygen atoms in total. The van der Waals surface area contributed by atoms with E-state index in [9.17, 15) is 0 Å². The molecule has 0 aliphatic heterocycles. The van der Waals surface area contributed by atoms with Crippen LogP contribution in [0, 0.1) is 0 Å². The summed E-state index contributed by atoms with van der Waals surface area (Å²) in [5.74, 6) is 1.04. The standard InChI is InChI=1S/C12H14Br2N4/c1-18-5-4-16-11(18)3-2-10(15)12-9(14)6-8(13)7-17-12/h4-7,10H,2-3,15H2,1H3. The van der Waals surface area contributed by atoms with E-state index in [2.05, 4.69) is 41.8 Å². The molecule has 18 heavy (non-hydrogen) atoms. The van der Waals surface area contributed by atoms with Crippen LogP contribution in [0.15, 0.2) is 33.6 Å². The largest absolute Gasteiger partial charge is 0.338 e. The zero-order chi connectivity index (χ0) is 13.1. The van der Waals surface area contributed by atoms with Crippen molar-refractivity contribution in [3.8, 4) is 0 Å². The number of aromatic nitrogens is 3. The number of nitrogens with zero attached hydrogens (tertiary/aromatic N) is 3. The summed E-state index contributed by atoms with van der Waals surface area (Å²) in [5, 5.41) is 0. The molecule has 2 aromatic heterocycles.